The predicted octanol–water partition coefficient (Wildman–Crippen LogP) is 0.0394. The molecule has 58 valence electrons. The molecule has 7 heteroatoms. The molecule has 0 unspecified atom stereocenters. The molecule has 2 N–H and O–H groups in total. The maximum Gasteiger partial charge on any atom is 0.333 e. The minimum Gasteiger partial charge on any atom is -0.273 e. The Hall–Kier alpha value is 0.450. The van der Waals surface area contributed by atoms with Gasteiger partial charge in [0.1, 0.15) is 0 Å². The van der Waals surface area contributed by atoms with Crippen molar-refractivity contribution in [2.75, 3.05) is 12.4 Å². The number of halogens is 2. The van der Waals surface area contributed by atoms with Crippen molar-refractivity contribution in [2.24, 2.45) is 0 Å². The SMILES string of the molecule is Cl.O=S(=O)(O)NCCCl. The zero-order valence-electron chi connectivity index (χ0n) is 4.37. The van der Waals surface area contributed by atoms with Crippen molar-refractivity contribution in [1.82, 2.24) is 4.72 Å². The van der Waals surface area contributed by atoms with Crippen molar-refractivity contribution in [3.63, 3.8) is 0 Å². The third-order valence-electron chi connectivity index (χ3n) is 0.379. The van der Waals surface area contributed by atoms with Crippen molar-refractivity contribution in [3.05, 3.63) is 0 Å². The Kier molecular flexibility index (Phi) is 7.09. The fourth-order valence-corrected chi connectivity index (χ4v) is 0.734. The van der Waals surface area contributed by atoms with Gasteiger partial charge in [-0.1, -0.05) is 0 Å². The van der Waals surface area contributed by atoms with Crippen LogP contribution in [-0.2, 0) is 10.3 Å². The van der Waals surface area contributed by atoms with E-state index in [1.165, 1.54) is 0 Å². The van der Waals surface area contributed by atoms with Crippen LogP contribution in [0, 0.1) is 0 Å². The van der Waals surface area contributed by atoms with E-state index in [2.05, 4.69) is 0 Å². The highest BCUT2D eigenvalue weighted by Gasteiger charge is 1.98. The molecule has 0 heterocycles. The standard InChI is InChI=1S/C2H6ClNO3S.ClH/c3-1-2-4-8(5,6)7;/h4H,1-2H2,(H,5,6,7);1H. The molecule has 9 heavy (non-hydrogen) atoms. The Bertz CT molecular complexity index is 144. The Labute approximate surface area is 64.9 Å². The first-order valence-corrected chi connectivity index (χ1v) is 3.82. The lowest BCUT2D eigenvalue weighted by atomic mass is 10.8. The number of alkyl halides is 1. The lowest BCUT2D eigenvalue weighted by Crippen LogP contribution is -2.24. The molecule has 0 radical (unpaired) electrons. The van der Waals surface area contributed by atoms with Gasteiger partial charge in [-0.2, -0.15) is 13.1 Å². The van der Waals surface area contributed by atoms with E-state index < -0.39 is 10.3 Å². The summed E-state index contributed by atoms with van der Waals surface area (Å²) in [7, 11) is -4.02. The summed E-state index contributed by atoms with van der Waals surface area (Å²) in [6, 6.07) is 0. The van der Waals surface area contributed by atoms with Gasteiger partial charge in [0, 0.05) is 12.4 Å². The molecule has 0 bridgehead atoms. The van der Waals surface area contributed by atoms with E-state index in [1.807, 2.05) is 0 Å². The minimum absolute atomic E-state index is 0. The molecule has 0 amide bonds. The zero-order valence-corrected chi connectivity index (χ0v) is 6.76. The van der Waals surface area contributed by atoms with Gasteiger partial charge in [0.25, 0.3) is 0 Å². The number of hydrogen-bond acceptors (Lipinski definition) is 2. The molecule has 0 aromatic rings. The van der Waals surface area contributed by atoms with Gasteiger partial charge in [-0.25, -0.2) is 0 Å². The second-order valence-electron chi connectivity index (χ2n) is 1.06. The number of hydrogen-bond donors (Lipinski definition) is 2. The van der Waals surface area contributed by atoms with Crippen molar-refractivity contribution >= 4 is 34.3 Å². The molecule has 0 aliphatic carbocycles. The maximum absolute atomic E-state index is 9.78. The van der Waals surface area contributed by atoms with E-state index >= 15 is 0 Å². The smallest absolute Gasteiger partial charge is 0.273 e. The van der Waals surface area contributed by atoms with Crippen LogP contribution in [0.5, 0.6) is 0 Å². The molecule has 0 aromatic carbocycles. The molecule has 0 aliphatic heterocycles. The van der Waals surface area contributed by atoms with Crippen LogP contribution in [0.3, 0.4) is 0 Å². The molecule has 4 nitrogen and oxygen atoms in total. The Morgan fingerprint density at radius 3 is 2.11 bits per heavy atom. The van der Waals surface area contributed by atoms with Crippen LogP contribution in [0.25, 0.3) is 0 Å². The topological polar surface area (TPSA) is 66.4 Å². The Balaban J connectivity index is 0. The highest BCUT2D eigenvalue weighted by molar-refractivity contribution is 7.83. The van der Waals surface area contributed by atoms with Gasteiger partial charge in [0.15, 0.2) is 0 Å². The summed E-state index contributed by atoms with van der Waals surface area (Å²) in [6.45, 7) is 0.0559. The maximum atomic E-state index is 9.78. The van der Waals surface area contributed by atoms with Crippen molar-refractivity contribution < 1.29 is 13.0 Å². The van der Waals surface area contributed by atoms with Crippen molar-refractivity contribution in [1.29, 1.82) is 0 Å². The summed E-state index contributed by atoms with van der Waals surface area (Å²) in [6.07, 6.45) is 0. The fraction of sp³-hybridized carbons (Fsp3) is 1.00. The third kappa shape index (κ3) is 11.8. The predicted molar refractivity (Wildman–Crippen MR) is 37.5 cm³/mol. The van der Waals surface area contributed by atoms with Gasteiger partial charge in [-0.15, -0.1) is 24.0 Å². The highest BCUT2D eigenvalue weighted by Crippen LogP contribution is 1.73. The molecule has 0 spiro atoms. The van der Waals surface area contributed by atoms with E-state index in [9.17, 15) is 8.42 Å². The average Bonchev–Trinajstić information content (AvgIpc) is 1.59. The zero-order chi connectivity index (χ0) is 6.62. The molecule has 0 saturated heterocycles. The minimum atomic E-state index is -4.02. The largest absolute Gasteiger partial charge is 0.333 e. The monoisotopic (exact) mass is 195 g/mol. The highest BCUT2D eigenvalue weighted by atomic mass is 35.5. The first-order chi connectivity index (χ1) is 3.56. The van der Waals surface area contributed by atoms with E-state index in [0.717, 1.165) is 0 Å². The van der Waals surface area contributed by atoms with Crippen LogP contribution in [0.15, 0.2) is 0 Å². The lowest BCUT2D eigenvalue weighted by molar-refractivity contribution is 0.470. The summed E-state index contributed by atoms with van der Waals surface area (Å²) in [5.74, 6) is 0.153. The summed E-state index contributed by atoms with van der Waals surface area (Å²) < 4.78 is 29.3. The van der Waals surface area contributed by atoms with E-state index in [1.54, 1.807) is 4.72 Å². The second kappa shape index (κ2) is 5.25. The molecule has 0 atom stereocenters. The summed E-state index contributed by atoms with van der Waals surface area (Å²) >= 11 is 5.07. The summed E-state index contributed by atoms with van der Waals surface area (Å²) in [4.78, 5) is 0. The van der Waals surface area contributed by atoms with E-state index in [0.29, 0.717) is 0 Å². The normalized spacial score (nSPS) is 10.4. The van der Waals surface area contributed by atoms with Gasteiger partial charge in [-0.3, -0.25) is 4.55 Å². The van der Waals surface area contributed by atoms with Crippen LogP contribution in [0.4, 0.5) is 0 Å². The summed E-state index contributed by atoms with van der Waals surface area (Å²) in [5.41, 5.74) is 0. The third-order valence-corrected chi connectivity index (χ3v) is 1.14. The van der Waals surface area contributed by atoms with Crippen LogP contribution in [-0.4, -0.2) is 25.4 Å². The number of nitrogens with one attached hydrogen (secondary N) is 1. The van der Waals surface area contributed by atoms with Gasteiger partial charge in [0.2, 0.25) is 0 Å². The molecule has 0 aliphatic rings. The lowest BCUT2D eigenvalue weighted by Gasteiger charge is -1.92. The van der Waals surface area contributed by atoms with Crippen LogP contribution < -0.4 is 4.72 Å². The molecule has 0 rings (SSSR count). The van der Waals surface area contributed by atoms with Crippen molar-refractivity contribution in [2.45, 2.75) is 0 Å². The molecule has 0 saturated carbocycles. The van der Waals surface area contributed by atoms with Crippen LogP contribution in [0.2, 0.25) is 0 Å². The van der Waals surface area contributed by atoms with Crippen molar-refractivity contribution in [3.8, 4) is 0 Å². The van der Waals surface area contributed by atoms with Crippen LogP contribution >= 0.6 is 24.0 Å². The Morgan fingerprint density at radius 1 is 1.56 bits per heavy atom. The first-order valence-electron chi connectivity index (χ1n) is 1.84. The van der Waals surface area contributed by atoms with Gasteiger partial charge in [-0.05, 0) is 0 Å². The molecular weight excluding hydrogens is 189 g/mol. The Morgan fingerprint density at radius 2 is 2.00 bits per heavy atom. The van der Waals surface area contributed by atoms with Gasteiger partial charge in [0.05, 0.1) is 0 Å². The van der Waals surface area contributed by atoms with Gasteiger partial charge >= 0.3 is 10.3 Å². The average molecular weight is 196 g/mol. The fourth-order valence-electron chi connectivity index (χ4n) is 0.168. The molecular formula is C2H7Cl2NO3S. The van der Waals surface area contributed by atoms with E-state index in [-0.39, 0.29) is 24.8 Å². The molecule has 0 fully saturated rings. The van der Waals surface area contributed by atoms with E-state index in [4.69, 9.17) is 16.2 Å². The quantitative estimate of drug-likeness (QED) is 0.494. The summed E-state index contributed by atoms with van der Waals surface area (Å²) in [5, 5.41) is 0. The molecule has 0 aromatic heterocycles. The van der Waals surface area contributed by atoms with Crippen LogP contribution in [0.1, 0.15) is 0 Å². The first kappa shape index (κ1) is 12.2. The second-order valence-corrected chi connectivity index (χ2v) is 2.68. The number of rotatable bonds is 3. The van der Waals surface area contributed by atoms with Gasteiger partial charge < -0.3 is 0 Å².